The molecule has 2 heterocycles. The van der Waals surface area contributed by atoms with Crippen molar-refractivity contribution < 1.29 is 9.90 Å². The van der Waals surface area contributed by atoms with Crippen LogP contribution < -0.4 is 10.9 Å². The van der Waals surface area contributed by atoms with Crippen LogP contribution in [0.25, 0.3) is 5.65 Å². The third-order valence-electron chi connectivity index (χ3n) is 2.99. The first kappa shape index (κ1) is 12.9. The lowest BCUT2D eigenvalue weighted by atomic mass is 10.2. The molecule has 0 atom stereocenters. The lowest BCUT2D eigenvalue weighted by molar-refractivity contribution is 0.102. The number of amides is 1. The fourth-order valence-electron chi connectivity index (χ4n) is 1.96. The minimum Gasteiger partial charge on any atom is -0.492 e. The highest BCUT2D eigenvalue weighted by Gasteiger charge is 2.15. The zero-order chi connectivity index (χ0) is 14.8. The molecule has 0 unspecified atom stereocenters. The van der Waals surface area contributed by atoms with Gasteiger partial charge < -0.3 is 10.4 Å². The topological polar surface area (TPSA) is 83.7 Å². The first-order valence-corrected chi connectivity index (χ1v) is 6.23. The summed E-state index contributed by atoms with van der Waals surface area (Å²) in [4.78, 5) is 28.2. The molecule has 6 nitrogen and oxygen atoms in total. The predicted molar refractivity (Wildman–Crippen MR) is 77.5 cm³/mol. The minimum absolute atomic E-state index is 0.243. The van der Waals surface area contributed by atoms with Gasteiger partial charge in [-0.05, 0) is 24.3 Å². The van der Waals surface area contributed by atoms with Gasteiger partial charge in [-0.2, -0.15) is 4.98 Å². The average Bonchev–Trinajstić information content (AvgIpc) is 2.52. The van der Waals surface area contributed by atoms with Crippen molar-refractivity contribution in [2.45, 2.75) is 0 Å². The van der Waals surface area contributed by atoms with E-state index in [-0.39, 0.29) is 5.69 Å². The van der Waals surface area contributed by atoms with Crippen LogP contribution in [-0.4, -0.2) is 20.4 Å². The van der Waals surface area contributed by atoms with E-state index >= 15 is 0 Å². The van der Waals surface area contributed by atoms with Crippen LogP contribution in [0.3, 0.4) is 0 Å². The number of hydrogen-bond donors (Lipinski definition) is 2. The molecule has 0 aliphatic carbocycles. The Balaban J connectivity index is 2.05. The van der Waals surface area contributed by atoms with E-state index < -0.39 is 17.3 Å². The number of aromatic nitrogens is 2. The Morgan fingerprint density at radius 2 is 1.81 bits per heavy atom. The van der Waals surface area contributed by atoms with Crippen LogP contribution in [0.4, 0.5) is 5.69 Å². The van der Waals surface area contributed by atoms with Crippen LogP contribution in [-0.2, 0) is 0 Å². The molecule has 104 valence electrons. The van der Waals surface area contributed by atoms with Crippen molar-refractivity contribution in [3.63, 3.8) is 0 Å². The van der Waals surface area contributed by atoms with E-state index in [1.54, 1.807) is 48.5 Å². The molecule has 0 spiro atoms. The molecule has 21 heavy (non-hydrogen) atoms. The molecule has 3 aromatic rings. The normalized spacial score (nSPS) is 10.5. The number of benzene rings is 1. The Morgan fingerprint density at radius 1 is 1.10 bits per heavy atom. The number of rotatable bonds is 2. The van der Waals surface area contributed by atoms with E-state index in [4.69, 9.17) is 0 Å². The number of fused-ring (bicyclic) bond motifs is 1. The number of hydrogen-bond acceptors (Lipinski definition) is 4. The molecule has 1 aromatic carbocycles. The van der Waals surface area contributed by atoms with Crippen molar-refractivity contribution in [3.8, 4) is 5.88 Å². The number of aromatic hydroxyl groups is 1. The molecule has 0 aliphatic heterocycles. The fourth-order valence-corrected chi connectivity index (χ4v) is 1.96. The molecular weight excluding hydrogens is 270 g/mol. The third-order valence-corrected chi connectivity index (χ3v) is 2.99. The maximum absolute atomic E-state index is 12.3. The molecular formula is C15H11N3O3. The third kappa shape index (κ3) is 2.34. The highest BCUT2D eigenvalue weighted by molar-refractivity contribution is 6.04. The number of carbonyl (C=O) groups is 1. The quantitative estimate of drug-likeness (QED) is 0.748. The minimum atomic E-state index is -0.539. The molecule has 2 aromatic heterocycles. The van der Waals surface area contributed by atoms with E-state index in [0.717, 1.165) is 0 Å². The molecule has 6 heteroatoms. The molecule has 0 radical (unpaired) electrons. The molecule has 0 aliphatic rings. The van der Waals surface area contributed by atoms with Crippen LogP contribution in [0.2, 0.25) is 0 Å². The number of anilines is 1. The van der Waals surface area contributed by atoms with E-state index in [0.29, 0.717) is 11.2 Å². The van der Waals surface area contributed by atoms with Crippen LogP contribution >= 0.6 is 0 Å². The van der Waals surface area contributed by atoms with Crippen molar-refractivity contribution in [1.29, 1.82) is 0 Å². The van der Waals surface area contributed by atoms with E-state index in [1.165, 1.54) is 10.6 Å². The molecule has 0 fully saturated rings. The average molecular weight is 281 g/mol. The van der Waals surface area contributed by atoms with E-state index in [1.807, 2.05) is 0 Å². The van der Waals surface area contributed by atoms with Gasteiger partial charge in [-0.3, -0.25) is 14.0 Å². The maximum Gasteiger partial charge on any atom is 0.285 e. The van der Waals surface area contributed by atoms with Gasteiger partial charge in [0.2, 0.25) is 5.88 Å². The van der Waals surface area contributed by atoms with Crippen LogP contribution in [0.1, 0.15) is 10.4 Å². The molecule has 1 amide bonds. The van der Waals surface area contributed by atoms with Crippen molar-refractivity contribution in [2.24, 2.45) is 0 Å². The lowest BCUT2D eigenvalue weighted by Crippen LogP contribution is -2.23. The van der Waals surface area contributed by atoms with E-state index in [9.17, 15) is 14.7 Å². The number of carbonyl (C=O) groups excluding carboxylic acids is 1. The first-order valence-electron chi connectivity index (χ1n) is 6.23. The molecule has 0 bridgehead atoms. The van der Waals surface area contributed by atoms with Gasteiger partial charge in [0, 0.05) is 11.8 Å². The van der Waals surface area contributed by atoms with Gasteiger partial charge in [0.25, 0.3) is 11.5 Å². The van der Waals surface area contributed by atoms with Gasteiger partial charge in [0.15, 0.2) is 5.69 Å². The summed E-state index contributed by atoms with van der Waals surface area (Å²) in [5.41, 5.74) is -0.0953. The Bertz CT molecular complexity index is 872. The zero-order valence-corrected chi connectivity index (χ0v) is 10.9. The maximum atomic E-state index is 12.3. The van der Waals surface area contributed by atoms with Gasteiger partial charge in [-0.25, -0.2) is 0 Å². The molecule has 0 saturated heterocycles. The van der Waals surface area contributed by atoms with E-state index in [2.05, 4.69) is 10.3 Å². The first-order chi connectivity index (χ1) is 10.2. The summed E-state index contributed by atoms with van der Waals surface area (Å²) in [5, 5.41) is 12.2. The monoisotopic (exact) mass is 281 g/mol. The van der Waals surface area contributed by atoms with Gasteiger partial charge in [0.05, 0.1) is 0 Å². The summed E-state index contributed by atoms with van der Waals surface area (Å²) in [6.45, 7) is 0. The Hall–Kier alpha value is -3.15. The summed E-state index contributed by atoms with van der Waals surface area (Å²) in [6, 6.07) is 13.4. The summed E-state index contributed by atoms with van der Waals surface area (Å²) in [7, 11) is 0. The van der Waals surface area contributed by atoms with Crippen LogP contribution in [0.5, 0.6) is 5.88 Å². The largest absolute Gasteiger partial charge is 0.492 e. The summed E-state index contributed by atoms with van der Waals surface area (Å²) < 4.78 is 1.25. The highest BCUT2D eigenvalue weighted by Crippen LogP contribution is 2.17. The standard InChI is InChI=1S/C15H11N3O3/c19-13(10-6-2-1-3-7-10)17-12-14(20)16-11-8-4-5-9-18(11)15(12)21/h1-9,20H,(H,17,19). The highest BCUT2D eigenvalue weighted by atomic mass is 16.3. The van der Waals surface area contributed by atoms with Gasteiger partial charge >= 0.3 is 0 Å². The van der Waals surface area contributed by atoms with Crippen molar-refractivity contribution >= 4 is 17.2 Å². The van der Waals surface area contributed by atoms with Gasteiger partial charge in [0.1, 0.15) is 5.65 Å². The number of nitrogens with zero attached hydrogens (tertiary/aromatic N) is 2. The summed E-state index contributed by atoms with van der Waals surface area (Å²) in [6.07, 6.45) is 1.52. The summed E-state index contributed by atoms with van der Waals surface area (Å²) in [5.74, 6) is -0.990. The van der Waals surface area contributed by atoms with Gasteiger partial charge in [-0.1, -0.05) is 24.3 Å². The smallest absolute Gasteiger partial charge is 0.285 e. The number of nitrogens with one attached hydrogen (secondary N) is 1. The SMILES string of the molecule is O=C(Nc1c(O)nc2ccccn2c1=O)c1ccccc1. The van der Waals surface area contributed by atoms with Crippen LogP contribution in [0.15, 0.2) is 59.5 Å². The van der Waals surface area contributed by atoms with Crippen molar-refractivity contribution in [1.82, 2.24) is 9.38 Å². The van der Waals surface area contributed by atoms with Crippen molar-refractivity contribution in [2.75, 3.05) is 5.32 Å². The lowest BCUT2D eigenvalue weighted by Gasteiger charge is -2.08. The molecule has 3 rings (SSSR count). The predicted octanol–water partition coefficient (Wildman–Crippen LogP) is 1.65. The molecule has 0 saturated carbocycles. The zero-order valence-electron chi connectivity index (χ0n) is 10.9. The van der Waals surface area contributed by atoms with Gasteiger partial charge in [-0.15, -0.1) is 0 Å². The fraction of sp³-hybridized carbons (Fsp3) is 0. The second-order valence-corrected chi connectivity index (χ2v) is 4.36. The second kappa shape index (κ2) is 5.09. The van der Waals surface area contributed by atoms with Crippen molar-refractivity contribution in [3.05, 3.63) is 70.6 Å². The number of pyridine rings is 1. The van der Waals surface area contributed by atoms with Crippen LogP contribution in [0, 0.1) is 0 Å². The summed E-state index contributed by atoms with van der Waals surface area (Å²) >= 11 is 0. The Kier molecular flexibility index (Phi) is 3.12. The Labute approximate surface area is 119 Å². The second-order valence-electron chi connectivity index (χ2n) is 4.36. The molecule has 2 N–H and O–H groups in total. The Morgan fingerprint density at radius 3 is 2.57 bits per heavy atom.